The topological polar surface area (TPSA) is 46.2 Å². The zero-order valence-electron chi connectivity index (χ0n) is 8.97. The molecule has 0 saturated heterocycles. The third-order valence-corrected chi connectivity index (χ3v) is 2.24. The molecule has 0 amide bonds. The fraction of sp³-hybridized carbons (Fsp3) is 0.400. The van der Waals surface area contributed by atoms with Gasteiger partial charge in [-0.3, -0.25) is 0 Å². The molecule has 104 valence electrons. The second-order valence-electron chi connectivity index (χ2n) is 3.47. The molecule has 8 heteroatoms. The Labute approximate surface area is 106 Å². The molecule has 0 aliphatic heterocycles. The molecule has 1 aromatic carbocycles. The molecule has 1 atom stereocenters. The Balaban J connectivity index is 0.00000289. The molecule has 0 aliphatic rings. The summed E-state index contributed by atoms with van der Waals surface area (Å²) >= 11 is 0. The molecule has 0 saturated carbocycles. The van der Waals surface area contributed by atoms with Crippen molar-refractivity contribution in [1.82, 2.24) is 0 Å². The normalized spacial score (nSPS) is 13.1. The third kappa shape index (κ3) is 3.79. The molecule has 0 radical (unpaired) electrons. The van der Waals surface area contributed by atoms with E-state index in [1.807, 2.05) is 0 Å². The van der Waals surface area contributed by atoms with Crippen molar-refractivity contribution in [3.8, 4) is 0 Å². The summed E-state index contributed by atoms with van der Waals surface area (Å²) in [7, 11) is 0. The van der Waals surface area contributed by atoms with Crippen LogP contribution in [-0.2, 0) is 6.18 Å². The monoisotopic (exact) mass is 291 g/mol. The highest BCUT2D eigenvalue weighted by Crippen LogP contribution is 2.35. The van der Waals surface area contributed by atoms with E-state index in [9.17, 15) is 22.0 Å². The second kappa shape index (κ2) is 6.31. The van der Waals surface area contributed by atoms with Crippen LogP contribution < -0.4 is 5.73 Å². The smallest absolute Gasteiger partial charge is 0.396 e. The molecule has 0 aliphatic carbocycles. The van der Waals surface area contributed by atoms with Gasteiger partial charge in [0.25, 0.3) is 0 Å². The first-order valence-corrected chi connectivity index (χ1v) is 4.70. The lowest BCUT2D eigenvalue weighted by molar-refractivity contribution is -0.138. The molecule has 1 rings (SSSR count). The molecule has 0 aromatic heterocycles. The van der Waals surface area contributed by atoms with Gasteiger partial charge in [0.15, 0.2) is 11.6 Å². The number of aliphatic hydroxyl groups excluding tert-OH is 1. The van der Waals surface area contributed by atoms with Gasteiger partial charge >= 0.3 is 6.18 Å². The molecule has 1 aromatic rings. The average molecular weight is 292 g/mol. The van der Waals surface area contributed by atoms with E-state index in [0.717, 1.165) is 0 Å². The molecule has 0 heterocycles. The lowest BCUT2D eigenvalue weighted by Crippen LogP contribution is -2.19. The van der Waals surface area contributed by atoms with Crippen LogP contribution >= 0.6 is 12.4 Å². The number of benzene rings is 1. The number of halogens is 6. The van der Waals surface area contributed by atoms with Gasteiger partial charge in [-0.15, -0.1) is 12.4 Å². The zero-order valence-corrected chi connectivity index (χ0v) is 9.79. The number of nitrogens with two attached hydrogens (primary N) is 1. The minimum absolute atomic E-state index is 0. The first-order valence-electron chi connectivity index (χ1n) is 4.70. The second-order valence-corrected chi connectivity index (χ2v) is 3.47. The Hall–Kier alpha value is -0.920. The maximum Gasteiger partial charge on any atom is 0.416 e. The van der Waals surface area contributed by atoms with E-state index >= 15 is 0 Å². The summed E-state index contributed by atoms with van der Waals surface area (Å²) in [5.41, 5.74) is 3.49. The maximum absolute atomic E-state index is 12.9. The Morgan fingerprint density at radius 3 is 2.11 bits per heavy atom. The first-order chi connectivity index (χ1) is 7.77. The van der Waals surface area contributed by atoms with E-state index in [1.165, 1.54) is 0 Å². The highest BCUT2D eigenvalue weighted by atomic mass is 35.5. The zero-order chi connectivity index (χ0) is 13.2. The maximum atomic E-state index is 12.9. The van der Waals surface area contributed by atoms with Gasteiger partial charge in [-0.1, -0.05) is 0 Å². The van der Waals surface area contributed by atoms with Crippen molar-refractivity contribution in [2.75, 3.05) is 6.61 Å². The average Bonchev–Trinajstić information content (AvgIpc) is 2.20. The van der Waals surface area contributed by atoms with Crippen molar-refractivity contribution in [1.29, 1.82) is 0 Å². The highest BCUT2D eigenvalue weighted by Gasteiger charge is 2.35. The Kier molecular flexibility index (Phi) is 5.98. The van der Waals surface area contributed by atoms with Crippen LogP contribution in [-0.4, -0.2) is 11.7 Å². The Morgan fingerprint density at radius 2 is 1.67 bits per heavy atom. The van der Waals surface area contributed by atoms with E-state index in [-0.39, 0.29) is 24.9 Å². The van der Waals surface area contributed by atoms with Crippen molar-refractivity contribution in [3.63, 3.8) is 0 Å². The highest BCUT2D eigenvalue weighted by molar-refractivity contribution is 5.85. The fourth-order valence-electron chi connectivity index (χ4n) is 1.41. The Morgan fingerprint density at radius 1 is 1.17 bits per heavy atom. The lowest BCUT2D eigenvalue weighted by atomic mass is 9.98. The SMILES string of the molecule is Cl.NC(CCO)c1cc(F)c(F)cc1C(F)(F)F. The van der Waals surface area contributed by atoms with Crippen LogP contribution in [0.25, 0.3) is 0 Å². The van der Waals surface area contributed by atoms with Gasteiger partial charge in [-0.05, 0) is 24.1 Å². The molecule has 18 heavy (non-hydrogen) atoms. The van der Waals surface area contributed by atoms with E-state index in [2.05, 4.69) is 0 Å². The summed E-state index contributed by atoms with van der Waals surface area (Å²) in [6, 6.07) is -0.716. The van der Waals surface area contributed by atoms with Crippen LogP contribution in [0.4, 0.5) is 22.0 Å². The molecule has 2 nitrogen and oxygen atoms in total. The van der Waals surface area contributed by atoms with Gasteiger partial charge in [0.1, 0.15) is 0 Å². The third-order valence-electron chi connectivity index (χ3n) is 2.24. The summed E-state index contributed by atoms with van der Waals surface area (Å²) in [4.78, 5) is 0. The number of hydrogen-bond acceptors (Lipinski definition) is 2. The number of alkyl halides is 3. The van der Waals surface area contributed by atoms with E-state index in [0.29, 0.717) is 6.07 Å². The van der Waals surface area contributed by atoms with Crippen LogP contribution in [0.2, 0.25) is 0 Å². The quantitative estimate of drug-likeness (QED) is 0.841. The van der Waals surface area contributed by atoms with Crippen LogP contribution in [0.3, 0.4) is 0 Å². The predicted octanol–water partition coefficient (Wildman–Crippen LogP) is 2.79. The van der Waals surface area contributed by atoms with Crippen molar-refractivity contribution in [2.24, 2.45) is 5.73 Å². The summed E-state index contributed by atoms with van der Waals surface area (Å²) < 4.78 is 63.3. The number of hydrogen-bond donors (Lipinski definition) is 2. The summed E-state index contributed by atoms with van der Waals surface area (Å²) in [5.74, 6) is -2.99. The van der Waals surface area contributed by atoms with Gasteiger partial charge in [-0.2, -0.15) is 13.2 Å². The lowest BCUT2D eigenvalue weighted by Gasteiger charge is -2.18. The molecule has 0 spiro atoms. The van der Waals surface area contributed by atoms with Crippen molar-refractivity contribution >= 4 is 12.4 Å². The van der Waals surface area contributed by atoms with Gasteiger partial charge in [0, 0.05) is 12.6 Å². The summed E-state index contributed by atoms with van der Waals surface area (Å²) in [6.07, 6.45) is -4.99. The first kappa shape index (κ1) is 17.1. The molecule has 0 bridgehead atoms. The predicted molar refractivity (Wildman–Crippen MR) is 57.2 cm³/mol. The van der Waals surface area contributed by atoms with Crippen molar-refractivity contribution in [2.45, 2.75) is 18.6 Å². The van der Waals surface area contributed by atoms with Gasteiger partial charge in [0.2, 0.25) is 0 Å². The van der Waals surface area contributed by atoms with Gasteiger partial charge in [0.05, 0.1) is 5.56 Å². The molecule has 0 fully saturated rings. The van der Waals surface area contributed by atoms with E-state index in [1.54, 1.807) is 0 Å². The molecule has 1 unspecified atom stereocenters. The molecule has 3 N–H and O–H groups in total. The van der Waals surface area contributed by atoms with Crippen LogP contribution in [0, 0.1) is 11.6 Å². The largest absolute Gasteiger partial charge is 0.416 e. The molecular weight excluding hydrogens is 281 g/mol. The van der Waals surface area contributed by atoms with Crippen LogP contribution in [0.5, 0.6) is 0 Å². The minimum Gasteiger partial charge on any atom is -0.396 e. The van der Waals surface area contributed by atoms with Crippen molar-refractivity contribution < 1.29 is 27.1 Å². The fourth-order valence-corrected chi connectivity index (χ4v) is 1.41. The van der Waals surface area contributed by atoms with Crippen LogP contribution in [0.15, 0.2) is 12.1 Å². The van der Waals surface area contributed by atoms with Crippen LogP contribution in [0.1, 0.15) is 23.6 Å². The summed E-state index contributed by atoms with van der Waals surface area (Å²) in [6.45, 7) is -0.447. The standard InChI is InChI=1S/C10H10F5NO.ClH/c11-7-3-5(9(16)1-2-17)6(4-8(7)12)10(13,14)15;/h3-4,9,17H,1-2,16H2;1H. The summed E-state index contributed by atoms with van der Waals surface area (Å²) in [5, 5.41) is 8.59. The van der Waals surface area contributed by atoms with E-state index < -0.39 is 41.6 Å². The number of rotatable bonds is 3. The minimum atomic E-state index is -4.82. The molecular formula is C10H11ClF5NO. The Bertz CT molecular complexity index is 410. The number of aliphatic hydroxyl groups is 1. The van der Waals surface area contributed by atoms with Gasteiger partial charge in [-0.25, -0.2) is 8.78 Å². The van der Waals surface area contributed by atoms with Gasteiger partial charge < -0.3 is 10.8 Å². The van der Waals surface area contributed by atoms with Crippen molar-refractivity contribution in [3.05, 3.63) is 34.9 Å². The van der Waals surface area contributed by atoms with E-state index in [4.69, 9.17) is 10.8 Å².